The summed E-state index contributed by atoms with van der Waals surface area (Å²) in [7, 11) is 1.78. The van der Waals surface area contributed by atoms with Gasteiger partial charge < -0.3 is 10.0 Å². The van der Waals surface area contributed by atoms with Gasteiger partial charge >= 0.3 is 5.97 Å². The third kappa shape index (κ3) is 2.23. The minimum Gasteiger partial charge on any atom is -0.481 e. The quantitative estimate of drug-likeness (QED) is 0.838. The number of aromatic nitrogens is 2. The van der Waals surface area contributed by atoms with Crippen LogP contribution in [0, 0.1) is 12.8 Å². The Kier molecular flexibility index (Phi) is 3.36. The summed E-state index contributed by atoms with van der Waals surface area (Å²) in [6, 6.07) is 0. The third-order valence-electron chi connectivity index (χ3n) is 3.52. The van der Waals surface area contributed by atoms with Crippen LogP contribution in [0.15, 0.2) is 6.20 Å². The maximum Gasteiger partial charge on any atom is 0.308 e. The summed E-state index contributed by atoms with van der Waals surface area (Å²) in [6.45, 7) is 2.75. The zero-order chi connectivity index (χ0) is 13.3. The second-order valence-electron chi connectivity index (χ2n) is 4.70. The molecular formula is C12H17N3O3. The van der Waals surface area contributed by atoms with E-state index >= 15 is 0 Å². The average molecular weight is 251 g/mol. The predicted octanol–water partition coefficient (Wildman–Crippen LogP) is 0.665. The maximum atomic E-state index is 12.3. The maximum absolute atomic E-state index is 12.3. The average Bonchev–Trinajstić information content (AvgIpc) is 2.69. The van der Waals surface area contributed by atoms with Crippen molar-refractivity contribution in [2.75, 3.05) is 13.1 Å². The lowest BCUT2D eigenvalue weighted by molar-refractivity contribution is -0.143. The van der Waals surface area contributed by atoms with Crippen LogP contribution in [0.2, 0.25) is 0 Å². The van der Waals surface area contributed by atoms with Crippen molar-refractivity contribution in [1.82, 2.24) is 14.7 Å². The molecule has 1 aliphatic rings. The van der Waals surface area contributed by atoms with Crippen molar-refractivity contribution in [2.24, 2.45) is 13.0 Å². The molecule has 98 valence electrons. The Labute approximate surface area is 105 Å². The van der Waals surface area contributed by atoms with Gasteiger partial charge in [0.2, 0.25) is 0 Å². The lowest BCUT2D eigenvalue weighted by atomic mass is 9.98. The fraction of sp³-hybridized carbons (Fsp3) is 0.583. The number of carbonyl (C=O) groups is 2. The van der Waals surface area contributed by atoms with Crippen LogP contribution in [-0.2, 0) is 11.8 Å². The summed E-state index contributed by atoms with van der Waals surface area (Å²) in [6.07, 6.45) is 2.93. The van der Waals surface area contributed by atoms with Crippen LogP contribution in [0.1, 0.15) is 28.9 Å². The summed E-state index contributed by atoms with van der Waals surface area (Å²) < 4.78 is 1.64. The van der Waals surface area contributed by atoms with E-state index in [1.165, 1.54) is 0 Å². The number of carboxylic acid groups (broad SMARTS) is 1. The van der Waals surface area contributed by atoms with Crippen molar-refractivity contribution in [3.8, 4) is 0 Å². The number of carbonyl (C=O) groups excluding carboxylic acids is 1. The lowest BCUT2D eigenvalue weighted by Crippen LogP contribution is -2.42. The number of hydrogen-bond donors (Lipinski definition) is 1. The van der Waals surface area contributed by atoms with Gasteiger partial charge in [0.05, 0.1) is 17.7 Å². The van der Waals surface area contributed by atoms with E-state index in [1.807, 2.05) is 6.92 Å². The van der Waals surface area contributed by atoms with Gasteiger partial charge in [0.1, 0.15) is 0 Å². The molecule has 1 unspecified atom stereocenters. The Hall–Kier alpha value is -1.85. The fourth-order valence-electron chi connectivity index (χ4n) is 2.24. The second-order valence-corrected chi connectivity index (χ2v) is 4.70. The minimum absolute atomic E-state index is 0.119. The van der Waals surface area contributed by atoms with E-state index in [-0.39, 0.29) is 5.91 Å². The molecule has 0 spiro atoms. The Morgan fingerprint density at radius 1 is 1.50 bits per heavy atom. The van der Waals surface area contributed by atoms with Crippen LogP contribution < -0.4 is 0 Å². The summed E-state index contributed by atoms with van der Waals surface area (Å²) in [5, 5.41) is 13.1. The first-order chi connectivity index (χ1) is 8.50. The van der Waals surface area contributed by atoms with E-state index in [2.05, 4.69) is 5.10 Å². The van der Waals surface area contributed by atoms with Crippen LogP contribution >= 0.6 is 0 Å². The molecule has 18 heavy (non-hydrogen) atoms. The Morgan fingerprint density at radius 3 is 2.78 bits per heavy atom. The molecule has 1 aromatic heterocycles. The van der Waals surface area contributed by atoms with E-state index in [0.29, 0.717) is 25.1 Å². The summed E-state index contributed by atoms with van der Waals surface area (Å²) in [4.78, 5) is 24.9. The molecular weight excluding hydrogens is 234 g/mol. The van der Waals surface area contributed by atoms with Crippen molar-refractivity contribution in [3.05, 3.63) is 17.5 Å². The van der Waals surface area contributed by atoms with Gasteiger partial charge in [0, 0.05) is 25.8 Å². The Bertz CT molecular complexity index is 481. The van der Waals surface area contributed by atoms with Gasteiger partial charge in [-0.15, -0.1) is 0 Å². The molecule has 2 rings (SSSR count). The minimum atomic E-state index is -0.824. The molecule has 1 N–H and O–H groups in total. The van der Waals surface area contributed by atoms with Gasteiger partial charge in [-0.2, -0.15) is 5.10 Å². The number of amides is 1. The number of hydrogen-bond acceptors (Lipinski definition) is 3. The lowest BCUT2D eigenvalue weighted by Gasteiger charge is -2.30. The molecule has 6 nitrogen and oxygen atoms in total. The van der Waals surface area contributed by atoms with Gasteiger partial charge in [-0.25, -0.2) is 0 Å². The monoisotopic (exact) mass is 251 g/mol. The highest BCUT2D eigenvalue weighted by atomic mass is 16.4. The molecule has 1 amide bonds. The number of nitrogens with zero attached hydrogens (tertiary/aromatic N) is 3. The van der Waals surface area contributed by atoms with Gasteiger partial charge in [-0.1, -0.05) is 0 Å². The molecule has 0 aromatic carbocycles. The van der Waals surface area contributed by atoms with Crippen molar-refractivity contribution >= 4 is 11.9 Å². The number of carboxylic acids is 1. The first-order valence-electron chi connectivity index (χ1n) is 6.01. The summed E-state index contributed by atoms with van der Waals surface area (Å²) >= 11 is 0. The van der Waals surface area contributed by atoms with Crippen LogP contribution in [0.25, 0.3) is 0 Å². The molecule has 0 aliphatic carbocycles. The zero-order valence-electron chi connectivity index (χ0n) is 10.6. The molecule has 2 heterocycles. The molecule has 0 bridgehead atoms. The Morgan fingerprint density at radius 2 is 2.22 bits per heavy atom. The second kappa shape index (κ2) is 4.80. The normalized spacial score (nSPS) is 19.9. The largest absolute Gasteiger partial charge is 0.481 e. The van der Waals surface area contributed by atoms with E-state index in [0.717, 1.165) is 12.1 Å². The highest BCUT2D eigenvalue weighted by Gasteiger charge is 2.29. The highest BCUT2D eigenvalue weighted by molar-refractivity contribution is 5.95. The first-order valence-corrected chi connectivity index (χ1v) is 6.01. The third-order valence-corrected chi connectivity index (χ3v) is 3.52. The van der Waals surface area contributed by atoms with Crippen LogP contribution in [0.4, 0.5) is 0 Å². The number of aryl methyl sites for hydroxylation is 1. The van der Waals surface area contributed by atoms with Gasteiger partial charge in [0.15, 0.2) is 0 Å². The van der Waals surface area contributed by atoms with Crippen LogP contribution in [0.5, 0.6) is 0 Å². The van der Waals surface area contributed by atoms with E-state index in [4.69, 9.17) is 5.11 Å². The van der Waals surface area contributed by atoms with E-state index in [9.17, 15) is 9.59 Å². The topological polar surface area (TPSA) is 75.4 Å². The van der Waals surface area contributed by atoms with Crippen molar-refractivity contribution < 1.29 is 14.7 Å². The molecule has 1 aliphatic heterocycles. The predicted molar refractivity (Wildman–Crippen MR) is 64.2 cm³/mol. The number of likely N-dealkylation sites (tertiary alicyclic amines) is 1. The van der Waals surface area contributed by atoms with Gasteiger partial charge in [-0.05, 0) is 19.8 Å². The number of aliphatic carboxylic acids is 1. The standard InChI is InChI=1S/C12H17N3O3/c1-8-10(6-13-14(8)2)11(16)15-5-3-4-9(7-15)12(17)18/h6,9H,3-5,7H2,1-2H3,(H,17,18). The highest BCUT2D eigenvalue weighted by Crippen LogP contribution is 2.19. The fourth-order valence-corrected chi connectivity index (χ4v) is 2.24. The van der Waals surface area contributed by atoms with Crippen molar-refractivity contribution in [2.45, 2.75) is 19.8 Å². The van der Waals surface area contributed by atoms with Gasteiger partial charge in [-0.3, -0.25) is 14.3 Å². The molecule has 0 saturated carbocycles. The van der Waals surface area contributed by atoms with E-state index in [1.54, 1.807) is 22.8 Å². The van der Waals surface area contributed by atoms with E-state index < -0.39 is 11.9 Å². The number of piperidine rings is 1. The first kappa shape index (κ1) is 12.6. The molecule has 0 radical (unpaired) electrons. The molecule has 1 fully saturated rings. The summed E-state index contributed by atoms with van der Waals surface area (Å²) in [5.41, 5.74) is 1.36. The molecule has 6 heteroatoms. The summed E-state index contributed by atoms with van der Waals surface area (Å²) in [5.74, 6) is -1.39. The van der Waals surface area contributed by atoms with Crippen molar-refractivity contribution in [3.63, 3.8) is 0 Å². The molecule has 1 atom stereocenters. The number of rotatable bonds is 2. The zero-order valence-corrected chi connectivity index (χ0v) is 10.6. The van der Waals surface area contributed by atoms with Crippen LogP contribution in [0.3, 0.4) is 0 Å². The van der Waals surface area contributed by atoms with Crippen LogP contribution in [-0.4, -0.2) is 44.8 Å². The van der Waals surface area contributed by atoms with Crippen molar-refractivity contribution in [1.29, 1.82) is 0 Å². The van der Waals surface area contributed by atoms with Gasteiger partial charge in [0.25, 0.3) is 5.91 Å². The SMILES string of the molecule is Cc1c(C(=O)N2CCCC(C(=O)O)C2)cnn1C. The molecule has 1 saturated heterocycles. The smallest absolute Gasteiger partial charge is 0.308 e. The Balaban J connectivity index is 2.14. The molecule has 1 aromatic rings.